The number of amides is 3. The van der Waals surface area contributed by atoms with Crippen molar-refractivity contribution in [2.24, 2.45) is 5.92 Å². The van der Waals surface area contributed by atoms with Gasteiger partial charge in [0.2, 0.25) is 11.8 Å². The van der Waals surface area contributed by atoms with Crippen LogP contribution in [0.25, 0.3) is 0 Å². The number of carbonyl (C=O) groups excluding carboxylic acids is 3. The standard InChI is InChI=1S/C27H31N3O5/c1-34-23-12-11-22(14-24(23)35-2)29-16-19(13-25(29)31)27(33)30(21-9-10-21)15-17-3-5-18(6-4-17)26(32)28-20-7-8-20/h3-6,11-12,14,19-21H,7-10,13,15-16H2,1-2H3,(H,28,32). The average molecular weight is 478 g/mol. The molecule has 8 nitrogen and oxygen atoms in total. The monoisotopic (exact) mass is 477 g/mol. The summed E-state index contributed by atoms with van der Waals surface area (Å²) in [4.78, 5) is 42.2. The Labute approximate surface area is 205 Å². The van der Waals surface area contributed by atoms with E-state index in [4.69, 9.17) is 9.47 Å². The van der Waals surface area contributed by atoms with Crippen molar-refractivity contribution in [3.8, 4) is 11.5 Å². The van der Waals surface area contributed by atoms with Crippen molar-refractivity contribution in [3.05, 3.63) is 53.6 Å². The van der Waals surface area contributed by atoms with Crippen LogP contribution in [-0.2, 0) is 16.1 Å². The molecule has 0 bridgehead atoms. The van der Waals surface area contributed by atoms with Gasteiger partial charge in [0.05, 0.1) is 20.1 Å². The van der Waals surface area contributed by atoms with Crippen LogP contribution in [-0.4, -0.2) is 55.5 Å². The molecule has 1 heterocycles. The van der Waals surface area contributed by atoms with Crippen molar-refractivity contribution < 1.29 is 23.9 Å². The summed E-state index contributed by atoms with van der Waals surface area (Å²) in [5.41, 5.74) is 2.31. The van der Waals surface area contributed by atoms with Crippen LogP contribution < -0.4 is 19.7 Å². The number of nitrogens with zero attached hydrogens (tertiary/aromatic N) is 2. The molecule has 1 atom stereocenters. The number of hydrogen-bond donors (Lipinski definition) is 1. The molecule has 0 aromatic heterocycles. The van der Waals surface area contributed by atoms with E-state index in [-0.39, 0.29) is 36.1 Å². The van der Waals surface area contributed by atoms with Crippen LogP contribution >= 0.6 is 0 Å². The Morgan fingerprint density at radius 2 is 1.71 bits per heavy atom. The molecule has 3 fully saturated rings. The van der Waals surface area contributed by atoms with Gasteiger partial charge >= 0.3 is 0 Å². The van der Waals surface area contributed by atoms with Gasteiger partial charge in [-0.2, -0.15) is 0 Å². The number of nitrogens with one attached hydrogen (secondary N) is 1. The lowest BCUT2D eigenvalue weighted by Crippen LogP contribution is -2.38. The highest BCUT2D eigenvalue weighted by Crippen LogP contribution is 2.36. The number of hydrogen-bond acceptors (Lipinski definition) is 5. The summed E-state index contributed by atoms with van der Waals surface area (Å²) in [6, 6.07) is 13.3. The highest BCUT2D eigenvalue weighted by molar-refractivity contribution is 6.00. The normalized spacial score (nSPS) is 19.4. The lowest BCUT2D eigenvalue weighted by molar-refractivity contribution is -0.137. The maximum atomic E-state index is 13.5. The first-order valence-electron chi connectivity index (χ1n) is 12.2. The first-order valence-corrected chi connectivity index (χ1v) is 12.2. The second-order valence-corrected chi connectivity index (χ2v) is 9.59. The molecule has 1 saturated heterocycles. The van der Waals surface area contributed by atoms with Gasteiger partial charge in [-0.1, -0.05) is 12.1 Å². The average Bonchev–Trinajstić information content (AvgIpc) is 3.81. The van der Waals surface area contributed by atoms with E-state index in [9.17, 15) is 14.4 Å². The molecule has 0 spiro atoms. The third-order valence-corrected chi connectivity index (χ3v) is 6.91. The zero-order valence-electron chi connectivity index (χ0n) is 20.2. The van der Waals surface area contributed by atoms with E-state index in [2.05, 4.69) is 5.32 Å². The number of rotatable bonds is 9. The smallest absolute Gasteiger partial charge is 0.251 e. The summed E-state index contributed by atoms with van der Waals surface area (Å²) >= 11 is 0. The summed E-state index contributed by atoms with van der Waals surface area (Å²) in [7, 11) is 3.12. The van der Waals surface area contributed by atoms with E-state index in [1.165, 1.54) is 0 Å². The highest BCUT2D eigenvalue weighted by Gasteiger charge is 2.41. The van der Waals surface area contributed by atoms with E-state index < -0.39 is 0 Å². The lowest BCUT2D eigenvalue weighted by Gasteiger charge is -2.26. The predicted octanol–water partition coefficient (Wildman–Crippen LogP) is 3.14. The van der Waals surface area contributed by atoms with E-state index in [1.807, 2.05) is 35.2 Å². The van der Waals surface area contributed by atoms with Gasteiger partial charge in [0.1, 0.15) is 0 Å². The number of ether oxygens (including phenoxy) is 2. The van der Waals surface area contributed by atoms with E-state index >= 15 is 0 Å². The van der Waals surface area contributed by atoms with Crippen LogP contribution in [0.2, 0.25) is 0 Å². The number of benzene rings is 2. The molecule has 1 aliphatic heterocycles. The van der Waals surface area contributed by atoms with Crippen LogP contribution in [0.3, 0.4) is 0 Å². The lowest BCUT2D eigenvalue weighted by atomic mass is 10.1. The molecule has 35 heavy (non-hydrogen) atoms. The molecular formula is C27H31N3O5. The second-order valence-electron chi connectivity index (χ2n) is 9.59. The minimum Gasteiger partial charge on any atom is -0.493 e. The summed E-state index contributed by atoms with van der Waals surface area (Å²) in [6.07, 6.45) is 4.25. The topological polar surface area (TPSA) is 88.2 Å². The predicted molar refractivity (Wildman–Crippen MR) is 131 cm³/mol. The summed E-state index contributed by atoms with van der Waals surface area (Å²) < 4.78 is 10.7. The third-order valence-electron chi connectivity index (χ3n) is 6.91. The molecule has 3 aliphatic rings. The molecule has 2 saturated carbocycles. The van der Waals surface area contributed by atoms with Crippen molar-refractivity contribution in [2.45, 2.75) is 50.7 Å². The maximum absolute atomic E-state index is 13.5. The van der Waals surface area contributed by atoms with Crippen LogP contribution in [0.4, 0.5) is 5.69 Å². The molecule has 1 N–H and O–H groups in total. The van der Waals surface area contributed by atoms with Gasteiger partial charge in [-0.15, -0.1) is 0 Å². The number of methoxy groups -OCH3 is 2. The van der Waals surface area contributed by atoms with Crippen LogP contribution in [0.5, 0.6) is 11.5 Å². The first-order chi connectivity index (χ1) is 17.0. The minimum absolute atomic E-state index is 0.0133. The number of anilines is 1. The van der Waals surface area contributed by atoms with Gasteiger partial charge in [-0.25, -0.2) is 0 Å². The summed E-state index contributed by atoms with van der Waals surface area (Å²) in [5.74, 6) is 0.637. The third kappa shape index (κ3) is 5.11. The molecular weight excluding hydrogens is 446 g/mol. The summed E-state index contributed by atoms with van der Waals surface area (Å²) in [6.45, 7) is 0.825. The fraction of sp³-hybridized carbons (Fsp3) is 0.444. The Morgan fingerprint density at radius 3 is 2.34 bits per heavy atom. The zero-order valence-corrected chi connectivity index (χ0v) is 20.2. The quantitative estimate of drug-likeness (QED) is 0.600. The van der Waals surface area contributed by atoms with Crippen molar-refractivity contribution in [3.63, 3.8) is 0 Å². The molecule has 2 aromatic rings. The highest BCUT2D eigenvalue weighted by atomic mass is 16.5. The Kier molecular flexibility index (Phi) is 6.36. The van der Waals surface area contributed by atoms with Crippen molar-refractivity contribution >= 4 is 23.4 Å². The molecule has 0 radical (unpaired) electrons. The van der Waals surface area contributed by atoms with Gasteiger partial charge in [0.25, 0.3) is 5.91 Å². The molecule has 3 amide bonds. The van der Waals surface area contributed by atoms with Gasteiger partial charge < -0.3 is 24.6 Å². The van der Waals surface area contributed by atoms with Crippen molar-refractivity contribution in [2.75, 3.05) is 25.7 Å². The number of carbonyl (C=O) groups is 3. The molecule has 1 unspecified atom stereocenters. The van der Waals surface area contributed by atoms with Crippen LogP contribution in [0, 0.1) is 5.92 Å². The molecule has 2 aliphatic carbocycles. The fourth-order valence-corrected chi connectivity index (χ4v) is 4.58. The Bertz CT molecular complexity index is 1120. The van der Waals surface area contributed by atoms with Gasteiger partial charge in [0.15, 0.2) is 11.5 Å². The fourth-order valence-electron chi connectivity index (χ4n) is 4.58. The van der Waals surface area contributed by atoms with Gasteiger partial charge in [-0.05, 0) is 55.5 Å². The Morgan fingerprint density at radius 1 is 1.00 bits per heavy atom. The van der Waals surface area contributed by atoms with Crippen LogP contribution in [0.15, 0.2) is 42.5 Å². The molecule has 184 valence electrons. The molecule has 5 rings (SSSR count). The Hall–Kier alpha value is -3.55. The second kappa shape index (κ2) is 9.60. The van der Waals surface area contributed by atoms with Crippen LogP contribution in [0.1, 0.15) is 48.0 Å². The zero-order chi connectivity index (χ0) is 24.5. The Balaban J connectivity index is 1.26. The molecule has 8 heteroatoms. The van der Waals surface area contributed by atoms with Gasteiger partial charge in [0, 0.05) is 48.9 Å². The SMILES string of the molecule is COc1ccc(N2CC(C(=O)N(Cc3ccc(C(=O)NC4CC4)cc3)C3CC3)CC2=O)cc1OC. The van der Waals surface area contributed by atoms with E-state index in [1.54, 1.807) is 31.3 Å². The van der Waals surface area contributed by atoms with Crippen molar-refractivity contribution in [1.82, 2.24) is 10.2 Å². The largest absolute Gasteiger partial charge is 0.493 e. The van der Waals surface area contributed by atoms with Crippen molar-refractivity contribution in [1.29, 1.82) is 0 Å². The molecule has 2 aromatic carbocycles. The maximum Gasteiger partial charge on any atom is 0.251 e. The van der Waals surface area contributed by atoms with Gasteiger partial charge in [-0.3, -0.25) is 14.4 Å². The van der Waals surface area contributed by atoms with E-state index in [0.717, 1.165) is 31.2 Å². The minimum atomic E-state index is -0.389. The summed E-state index contributed by atoms with van der Waals surface area (Å²) in [5, 5.41) is 2.99. The van der Waals surface area contributed by atoms with E-state index in [0.29, 0.717) is 41.9 Å². The first kappa shape index (κ1) is 23.2.